The van der Waals surface area contributed by atoms with Gasteiger partial charge in [0.15, 0.2) is 0 Å². The van der Waals surface area contributed by atoms with Crippen molar-refractivity contribution < 1.29 is 0 Å². The minimum atomic E-state index is -0.0312. The Bertz CT molecular complexity index is 515. The average molecular weight is 286 g/mol. The lowest BCUT2D eigenvalue weighted by Crippen LogP contribution is -2.47. The van der Waals surface area contributed by atoms with Crippen LogP contribution in [0.2, 0.25) is 0 Å². The molecule has 1 aromatic rings. The van der Waals surface area contributed by atoms with Gasteiger partial charge in [-0.05, 0) is 32.1 Å². The Hall–Kier alpha value is -1.22. The summed E-state index contributed by atoms with van der Waals surface area (Å²) in [5.41, 5.74) is 2.17. The largest absolute Gasteiger partial charge is 0.337 e. The zero-order valence-corrected chi connectivity index (χ0v) is 13.0. The monoisotopic (exact) mass is 286 g/mol. The minimum Gasteiger partial charge on any atom is -0.337 e. The van der Waals surface area contributed by atoms with Crippen LogP contribution in [0.25, 0.3) is 0 Å². The van der Waals surface area contributed by atoms with Crippen molar-refractivity contribution >= 4 is 22.9 Å². The SMILES string of the molecule is CCCN1C(=S)C(c2ccccc2)=NC12CCCCC2. The van der Waals surface area contributed by atoms with Crippen LogP contribution in [0.4, 0.5) is 0 Å². The maximum Gasteiger partial charge on any atom is 0.133 e. The zero-order valence-electron chi connectivity index (χ0n) is 12.1. The van der Waals surface area contributed by atoms with Crippen LogP contribution in [0.5, 0.6) is 0 Å². The summed E-state index contributed by atoms with van der Waals surface area (Å²) in [6, 6.07) is 10.4. The number of benzene rings is 1. The number of rotatable bonds is 3. The molecule has 2 nitrogen and oxygen atoms in total. The van der Waals surface area contributed by atoms with Crippen LogP contribution in [-0.2, 0) is 0 Å². The summed E-state index contributed by atoms with van der Waals surface area (Å²) in [6.45, 7) is 3.25. The van der Waals surface area contributed by atoms with Crippen LogP contribution < -0.4 is 0 Å². The lowest BCUT2D eigenvalue weighted by molar-refractivity contribution is 0.139. The molecule has 106 valence electrons. The molecule has 1 heterocycles. The van der Waals surface area contributed by atoms with Gasteiger partial charge in [-0.3, -0.25) is 4.99 Å². The lowest BCUT2D eigenvalue weighted by atomic mass is 9.88. The van der Waals surface area contributed by atoms with Gasteiger partial charge in [0.05, 0.1) is 0 Å². The number of hydrogen-bond acceptors (Lipinski definition) is 2. The normalized spacial score (nSPS) is 21.4. The van der Waals surface area contributed by atoms with E-state index in [1.54, 1.807) is 0 Å². The standard InChI is InChI=1S/C17H22N2S/c1-2-13-19-16(20)15(14-9-5-3-6-10-14)18-17(19)11-7-4-8-12-17/h3,5-6,9-10H,2,4,7-8,11-13H2,1H3. The first-order valence-electron chi connectivity index (χ1n) is 7.74. The Balaban J connectivity index is 1.99. The van der Waals surface area contributed by atoms with Crippen molar-refractivity contribution in [2.75, 3.05) is 6.54 Å². The van der Waals surface area contributed by atoms with Crippen molar-refractivity contribution in [3.05, 3.63) is 35.9 Å². The van der Waals surface area contributed by atoms with E-state index in [2.05, 4.69) is 36.1 Å². The minimum absolute atomic E-state index is 0.0312. The Morgan fingerprint density at radius 1 is 1.15 bits per heavy atom. The second kappa shape index (κ2) is 5.65. The first kappa shape index (κ1) is 13.7. The van der Waals surface area contributed by atoms with E-state index in [1.807, 2.05) is 6.07 Å². The average Bonchev–Trinajstić information content (AvgIpc) is 2.75. The second-order valence-electron chi connectivity index (χ2n) is 5.83. The summed E-state index contributed by atoms with van der Waals surface area (Å²) >= 11 is 5.76. The highest BCUT2D eigenvalue weighted by molar-refractivity contribution is 7.82. The molecule has 3 heteroatoms. The molecule has 1 spiro atoms. The van der Waals surface area contributed by atoms with Gasteiger partial charge in [-0.2, -0.15) is 0 Å². The van der Waals surface area contributed by atoms with Gasteiger partial charge in [0.1, 0.15) is 16.4 Å². The van der Waals surface area contributed by atoms with E-state index >= 15 is 0 Å². The number of aliphatic imine (C=N–C) groups is 1. The Kier molecular flexibility index (Phi) is 3.88. The zero-order chi connectivity index (χ0) is 14.0. The van der Waals surface area contributed by atoms with E-state index in [9.17, 15) is 0 Å². The molecule has 0 bridgehead atoms. The van der Waals surface area contributed by atoms with Crippen LogP contribution in [0, 0.1) is 0 Å². The smallest absolute Gasteiger partial charge is 0.133 e. The van der Waals surface area contributed by atoms with Crippen LogP contribution in [0.15, 0.2) is 35.3 Å². The van der Waals surface area contributed by atoms with Gasteiger partial charge >= 0.3 is 0 Å². The quantitative estimate of drug-likeness (QED) is 0.774. The molecule has 0 unspecified atom stereocenters. The van der Waals surface area contributed by atoms with E-state index in [0.717, 1.165) is 36.5 Å². The molecule has 1 fully saturated rings. The van der Waals surface area contributed by atoms with Gasteiger partial charge in [-0.1, -0.05) is 55.9 Å². The van der Waals surface area contributed by atoms with E-state index in [1.165, 1.54) is 24.8 Å². The van der Waals surface area contributed by atoms with Crippen LogP contribution in [0.1, 0.15) is 51.0 Å². The van der Waals surface area contributed by atoms with Gasteiger partial charge < -0.3 is 4.90 Å². The number of thiocarbonyl (C=S) groups is 1. The van der Waals surface area contributed by atoms with Gasteiger partial charge in [-0.25, -0.2) is 0 Å². The Morgan fingerprint density at radius 3 is 2.50 bits per heavy atom. The van der Waals surface area contributed by atoms with Crippen LogP contribution >= 0.6 is 12.2 Å². The molecule has 1 aliphatic carbocycles. The fourth-order valence-corrected chi connectivity index (χ4v) is 3.87. The Morgan fingerprint density at radius 2 is 1.85 bits per heavy atom. The van der Waals surface area contributed by atoms with Crippen molar-refractivity contribution in [1.82, 2.24) is 4.90 Å². The van der Waals surface area contributed by atoms with E-state index in [0.29, 0.717) is 0 Å². The topological polar surface area (TPSA) is 15.6 Å². The highest BCUT2D eigenvalue weighted by atomic mass is 32.1. The molecular weight excluding hydrogens is 264 g/mol. The predicted molar refractivity (Wildman–Crippen MR) is 88.4 cm³/mol. The fraction of sp³-hybridized carbons (Fsp3) is 0.529. The maximum atomic E-state index is 5.76. The molecule has 1 aromatic carbocycles. The molecule has 0 aromatic heterocycles. The van der Waals surface area contributed by atoms with Crippen molar-refractivity contribution in [3.8, 4) is 0 Å². The van der Waals surface area contributed by atoms with Crippen molar-refractivity contribution in [2.24, 2.45) is 4.99 Å². The highest BCUT2D eigenvalue weighted by Gasteiger charge is 2.44. The third kappa shape index (κ3) is 2.28. The van der Waals surface area contributed by atoms with Gasteiger partial charge in [0.2, 0.25) is 0 Å². The molecule has 0 radical (unpaired) electrons. The summed E-state index contributed by atoms with van der Waals surface area (Å²) in [5, 5.41) is 0. The second-order valence-corrected chi connectivity index (χ2v) is 6.21. The molecule has 0 amide bonds. The molecule has 0 atom stereocenters. The molecule has 0 saturated heterocycles. The van der Waals surface area contributed by atoms with E-state index in [4.69, 9.17) is 17.2 Å². The van der Waals surface area contributed by atoms with Crippen LogP contribution in [-0.4, -0.2) is 27.8 Å². The van der Waals surface area contributed by atoms with Crippen molar-refractivity contribution in [2.45, 2.75) is 51.1 Å². The first-order chi connectivity index (χ1) is 9.77. The first-order valence-corrected chi connectivity index (χ1v) is 8.15. The summed E-state index contributed by atoms with van der Waals surface area (Å²) in [4.78, 5) is 8.50. The molecule has 1 saturated carbocycles. The third-order valence-corrected chi connectivity index (χ3v) is 4.83. The van der Waals surface area contributed by atoms with Gasteiger partial charge in [0, 0.05) is 12.1 Å². The predicted octanol–water partition coefficient (Wildman–Crippen LogP) is 4.19. The summed E-state index contributed by atoms with van der Waals surface area (Å²) in [6.07, 6.45) is 7.32. The number of nitrogens with zero attached hydrogens (tertiary/aromatic N) is 2. The van der Waals surface area contributed by atoms with Gasteiger partial charge in [-0.15, -0.1) is 0 Å². The third-order valence-electron chi connectivity index (χ3n) is 4.42. The highest BCUT2D eigenvalue weighted by Crippen LogP contribution is 2.40. The molecular formula is C17H22N2S. The van der Waals surface area contributed by atoms with E-state index in [-0.39, 0.29) is 5.66 Å². The van der Waals surface area contributed by atoms with Crippen molar-refractivity contribution in [3.63, 3.8) is 0 Å². The number of hydrogen-bond donors (Lipinski definition) is 0. The van der Waals surface area contributed by atoms with E-state index < -0.39 is 0 Å². The van der Waals surface area contributed by atoms with Crippen LogP contribution in [0.3, 0.4) is 0 Å². The Labute approximate surface area is 126 Å². The summed E-state index contributed by atoms with van der Waals surface area (Å²) in [7, 11) is 0. The molecule has 3 rings (SSSR count). The van der Waals surface area contributed by atoms with Crippen molar-refractivity contribution in [1.29, 1.82) is 0 Å². The molecule has 20 heavy (non-hydrogen) atoms. The fourth-order valence-electron chi connectivity index (χ4n) is 3.45. The summed E-state index contributed by atoms with van der Waals surface area (Å²) in [5.74, 6) is 0. The molecule has 0 N–H and O–H groups in total. The lowest BCUT2D eigenvalue weighted by Gasteiger charge is -2.40. The maximum absolute atomic E-state index is 5.76. The molecule has 1 aliphatic heterocycles. The summed E-state index contributed by atoms with van der Waals surface area (Å²) < 4.78 is 0. The molecule has 2 aliphatic rings. The van der Waals surface area contributed by atoms with Gasteiger partial charge in [0.25, 0.3) is 0 Å².